The second-order valence-electron chi connectivity index (χ2n) is 3.13. The van der Waals surface area contributed by atoms with Crippen molar-refractivity contribution < 1.29 is 9.90 Å². The Balaban J connectivity index is 2.65. The molecule has 0 amide bonds. The number of nitrogens with one attached hydrogen (secondary N) is 1. The number of aromatic carboxylic acids is 1. The topological polar surface area (TPSA) is 69.2 Å². The van der Waals surface area contributed by atoms with Crippen molar-refractivity contribution in [3.63, 3.8) is 0 Å². The summed E-state index contributed by atoms with van der Waals surface area (Å²) in [7, 11) is 3.89. The van der Waals surface area contributed by atoms with Crippen molar-refractivity contribution in [1.82, 2.24) is 15.1 Å². The molecule has 1 aromatic rings. The number of aromatic amines is 1. The number of carboxylic acid groups (broad SMARTS) is 1. The first-order chi connectivity index (χ1) is 6.11. The van der Waals surface area contributed by atoms with Gasteiger partial charge in [-0.05, 0) is 20.5 Å². The quantitative estimate of drug-likeness (QED) is 0.700. The van der Waals surface area contributed by atoms with Crippen LogP contribution in [0.2, 0.25) is 0 Å². The smallest absolute Gasteiger partial charge is 0.354 e. The Kier molecular flexibility index (Phi) is 3.02. The van der Waals surface area contributed by atoms with Crippen molar-refractivity contribution in [1.29, 1.82) is 0 Å². The van der Waals surface area contributed by atoms with Gasteiger partial charge in [-0.15, -0.1) is 0 Å². The van der Waals surface area contributed by atoms with Gasteiger partial charge in [0.2, 0.25) is 0 Å². The zero-order valence-corrected chi connectivity index (χ0v) is 7.74. The van der Waals surface area contributed by atoms with Crippen LogP contribution < -0.4 is 0 Å². The lowest BCUT2D eigenvalue weighted by atomic mass is 10.2. The minimum Gasteiger partial charge on any atom is -0.477 e. The second-order valence-corrected chi connectivity index (χ2v) is 3.13. The summed E-state index contributed by atoms with van der Waals surface area (Å²) >= 11 is 0. The van der Waals surface area contributed by atoms with Gasteiger partial charge in [-0.3, -0.25) is 5.10 Å². The van der Waals surface area contributed by atoms with Crippen molar-refractivity contribution in [3.05, 3.63) is 17.5 Å². The lowest BCUT2D eigenvalue weighted by molar-refractivity contribution is 0.0689. The van der Waals surface area contributed by atoms with Gasteiger partial charge in [-0.1, -0.05) is 0 Å². The van der Waals surface area contributed by atoms with Crippen molar-refractivity contribution in [2.45, 2.75) is 6.42 Å². The molecule has 0 spiro atoms. The maximum Gasteiger partial charge on any atom is 0.354 e. The molecular weight excluding hydrogens is 170 g/mol. The number of likely N-dealkylation sites (N-methyl/N-ethyl adjacent to an activating group) is 1. The van der Waals surface area contributed by atoms with E-state index in [4.69, 9.17) is 5.11 Å². The van der Waals surface area contributed by atoms with E-state index in [0.717, 1.165) is 12.1 Å². The molecule has 0 saturated heterocycles. The van der Waals surface area contributed by atoms with Crippen LogP contribution in [0.25, 0.3) is 0 Å². The molecule has 0 aliphatic heterocycles. The lowest BCUT2D eigenvalue weighted by Gasteiger charge is -2.07. The van der Waals surface area contributed by atoms with Crippen molar-refractivity contribution in [2.24, 2.45) is 0 Å². The van der Waals surface area contributed by atoms with Gasteiger partial charge in [0.15, 0.2) is 0 Å². The number of hydrogen-bond acceptors (Lipinski definition) is 3. The van der Waals surface area contributed by atoms with E-state index < -0.39 is 5.97 Å². The van der Waals surface area contributed by atoms with Crippen LogP contribution in [0.15, 0.2) is 6.20 Å². The summed E-state index contributed by atoms with van der Waals surface area (Å²) in [4.78, 5) is 12.6. The summed E-state index contributed by atoms with van der Waals surface area (Å²) in [5.41, 5.74) is 0.947. The summed E-state index contributed by atoms with van der Waals surface area (Å²) < 4.78 is 0. The minimum atomic E-state index is -0.953. The number of aromatic nitrogens is 2. The van der Waals surface area contributed by atoms with Gasteiger partial charge in [-0.2, -0.15) is 5.10 Å². The van der Waals surface area contributed by atoms with Gasteiger partial charge in [0.05, 0.1) is 6.20 Å². The summed E-state index contributed by atoms with van der Waals surface area (Å²) in [6, 6.07) is 0. The van der Waals surface area contributed by atoms with Gasteiger partial charge >= 0.3 is 5.97 Å². The van der Waals surface area contributed by atoms with E-state index in [1.807, 2.05) is 19.0 Å². The molecule has 0 fully saturated rings. The average Bonchev–Trinajstić information content (AvgIpc) is 2.47. The molecule has 13 heavy (non-hydrogen) atoms. The van der Waals surface area contributed by atoms with E-state index in [1.165, 1.54) is 0 Å². The maximum atomic E-state index is 10.6. The Labute approximate surface area is 76.4 Å². The first-order valence-electron chi connectivity index (χ1n) is 4.01. The summed E-state index contributed by atoms with van der Waals surface area (Å²) in [6.45, 7) is 0.819. The molecular formula is C8H13N3O2. The first-order valence-corrected chi connectivity index (χ1v) is 4.01. The standard InChI is InChI=1S/C8H13N3O2/c1-11(2)4-3-6-5-9-10-7(6)8(12)13/h5H,3-4H2,1-2H3,(H,9,10)(H,12,13). The van der Waals surface area contributed by atoms with Crippen molar-refractivity contribution in [2.75, 3.05) is 20.6 Å². The van der Waals surface area contributed by atoms with Crippen molar-refractivity contribution >= 4 is 5.97 Å². The summed E-state index contributed by atoms with van der Waals surface area (Å²) in [5, 5.41) is 14.9. The van der Waals surface area contributed by atoms with E-state index in [9.17, 15) is 4.79 Å². The predicted octanol–water partition coefficient (Wildman–Crippen LogP) is 0.212. The molecule has 0 aliphatic carbocycles. The first kappa shape index (κ1) is 9.73. The highest BCUT2D eigenvalue weighted by atomic mass is 16.4. The minimum absolute atomic E-state index is 0.196. The van der Waals surface area contributed by atoms with Crippen LogP contribution >= 0.6 is 0 Å². The van der Waals surface area contributed by atoms with E-state index in [1.54, 1.807) is 6.20 Å². The highest BCUT2D eigenvalue weighted by Crippen LogP contribution is 2.05. The van der Waals surface area contributed by atoms with Crippen LogP contribution in [0.5, 0.6) is 0 Å². The molecule has 0 aliphatic rings. The number of carboxylic acids is 1. The molecule has 1 rings (SSSR count). The Morgan fingerprint density at radius 2 is 2.38 bits per heavy atom. The molecule has 1 heterocycles. The number of hydrogen-bond donors (Lipinski definition) is 2. The largest absolute Gasteiger partial charge is 0.477 e. The zero-order chi connectivity index (χ0) is 9.84. The fourth-order valence-electron chi connectivity index (χ4n) is 1.03. The molecule has 0 saturated carbocycles. The Bertz CT molecular complexity index is 293. The molecule has 0 aromatic carbocycles. The molecule has 2 N–H and O–H groups in total. The third-order valence-corrected chi connectivity index (χ3v) is 1.76. The molecule has 72 valence electrons. The molecule has 0 bridgehead atoms. The van der Waals surface area contributed by atoms with E-state index >= 15 is 0 Å². The Hall–Kier alpha value is -1.36. The molecule has 5 nitrogen and oxygen atoms in total. The second kappa shape index (κ2) is 4.04. The summed E-state index contributed by atoms with van der Waals surface area (Å²) in [6.07, 6.45) is 2.26. The Morgan fingerprint density at radius 1 is 1.69 bits per heavy atom. The SMILES string of the molecule is CN(C)CCc1cn[nH]c1C(=O)O. The van der Waals surface area contributed by atoms with Crippen molar-refractivity contribution in [3.8, 4) is 0 Å². The van der Waals surface area contributed by atoms with Crippen LogP contribution in [-0.2, 0) is 6.42 Å². The molecule has 1 aromatic heterocycles. The van der Waals surface area contributed by atoms with E-state index in [-0.39, 0.29) is 5.69 Å². The van der Waals surface area contributed by atoms with Gasteiger partial charge < -0.3 is 10.0 Å². The van der Waals surface area contributed by atoms with E-state index in [2.05, 4.69) is 10.2 Å². The molecule has 0 unspecified atom stereocenters. The third-order valence-electron chi connectivity index (χ3n) is 1.76. The van der Waals surface area contributed by atoms with E-state index in [0.29, 0.717) is 6.42 Å². The number of rotatable bonds is 4. The zero-order valence-electron chi connectivity index (χ0n) is 7.74. The monoisotopic (exact) mass is 183 g/mol. The lowest BCUT2D eigenvalue weighted by Crippen LogP contribution is -2.16. The van der Waals surface area contributed by atoms with Gasteiger partial charge in [0.1, 0.15) is 5.69 Å². The predicted molar refractivity (Wildman–Crippen MR) is 47.8 cm³/mol. The maximum absolute atomic E-state index is 10.6. The molecule has 0 atom stereocenters. The normalized spacial score (nSPS) is 10.7. The highest BCUT2D eigenvalue weighted by molar-refractivity contribution is 5.86. The summed E-state index contributed by atoms with van der Waals surface area (Å²) in [5.74, 6) is -0.953. The van der Waals surface area contributed by atoms with Gasteiger partial charge in [0, 0.05) is 12.1 Å². The van der Waals surface area contributed by atoms with Crippen LogP contribution in [0.3, 0.4) is 0 Å². The number of nitrogens with zero attached hydrogens (tertiary/aromatic N) is 2. The highest BCUT2D eigenvalue weighted by Gasteiger charge is 2.11. The third kappa shape index (κ3) is 2.55. The number of carbonyl (C=O) groups is 1. The number of H-pyrrole nitrogens is 1. The van der Waals surface area contributed by atoms with Gasteiger partial charge in [-0.25, -0.2) is 4.79 Å². The van der Waals surface area contributed by atoms with Crippen LogP contribution in [0.1, 0.15) is 16.1 Å². The fourth-order valence-corrected chi connectivity index (χ4v) is 1.03. The molecule has 0 radical (unpaired) electrons. The Morgan fingerprint density at radius 3 is 2.92 bits per heavy atom. The van der Waals surface area contributed by atoms with Gasteiger partial charge in [0.25, 0.3) is 0 Å². The fraction of sp³-hybridized carbons (Fsp3) is 0.500. The molecule has 5 heteroatoms. The average molecular weight is 183 g/mol. The van der Waals surface area contributed by atoms with Crippen LogP contribution in [0.4, 0.5) is 0 Å². The van der Waals surface area contributed by atoms with Crippen LogP contribution in [-0.4, -0.2) is 46.8 Å². The van der Waals surface area contributed by atoms with Crippen LogP contribution in [0, 0.1) is 0 Å².